The zero-order chi connectivity index (χ0) is 12.4. The quantitative estimate of drug-likeness (QED) is 0.745. The minimum absolute atomic E-state index is 0.0951. The second kappa shape index (κ2) is 5.42. The second-order valence-electron chi connectivity index (χ2n) is 3.66. The minimum atomic E-state index is 0.0951. The number of thiophene rings is 1. The molecular formula is C12H9Br2NOS. The molecule has 0 spiro atoms. The van der Waals surface area contributed by atoms with Crippen molar-refractivity contribution in [2.45, 2.75) is 13.3 Å². The first-order chi connectivity index (χ1) is 8.06. The Bertz CT molecular complexity index is 529. The van der Waals surface area contributed by atoms with Gasteiger partial charge in [-0.3, -0.25) is 9.78 Å². The van der Waals surface area contributed by atoms with E-state index in [9.17, 15) is 4.79 Å². The summed E-state index contributed by atoms with van der Waals surface area (Å²) in [6, 6.07) is 5.70. The van der Waals surface area contributed by atoms with Crippen LogP contribution in [0.15, 0.2) is 32.7 Å². The summed E-state index contributed by atoms with van der Waals surface area (Å²) in [6.45, 7) is 1.98. The van der Waals surface area contributed by atoms with E-state index in [2.05, 4.69) is 36.8 Å². The van der Waals surface area contributed by atoms with Crippen molar-refractivity contribution in [1.29, 1.82) is 0 Å². The lowest BCUT2D eigenvalue weighted by Crippen LogP contribution is -2.02. The smallest absolute Gasteiger partial charge is 0.178 e. The van der Waals surface area contributed by atoms with Crippen LogP contribution in [0.2, 0.25) is 0 Å². The molecule has 0 aromatic carbocycles. The molecule has 0 amide bonds. The van der Waals surface area contributed by atoms with Gasteiger partial charge in [-0.15, -0.1) is 11.3 Å². The highest BCUT2D eigenvalue weighted by atomic mass is 79.9. The van der Waals surface area contributed by atoms with Crippen molar-refractivity contribution >= 4 is 49.0 Å². The van der Waals surface area contributed by atoms with Crippen LogP contribution >= 0.6 is 43.2 Å². The molecule has 0 N–H and O–H groups in total. The maximum atomic E-state index is 12.0. The van der Waals surface area contributed by atoms with E-state index in [1.54, 1.807) is 6.20 Å². The van der Waals surface area contributed by atoms with Gasteiger partial charge in [-0.25, -0.2) is 0 Å². The molecule has 2 nitrogen and oxygen atoms in total. The van der Waals surface area contributed by atoms with Crippen LogP contribution in [0.25, 0.3) is 0 Å². The molecule has 17 heavy (non-hydrogen) atoms. The molecule has 2 heterocycles. The van der Waals surface area contributed by atoms with Crippen LogP contribution in [0.4, 0.5) is 0 Å². The van der Waals surface area contributed by atoms with E-state index < -0.39 is 0 Å². The number of ketones is 1. The third-order valence-corrected chi connectivity index (χ3v) is 5.53. The van der Waals surface area contributed by atoms with E-state index in [1.807, 2.05) is 25.1 Å². The molecule has 0 atom stereocenters. The highest BCUT2D eigenvalue weighted by Crippen LogP contribution is 2.32. The third kappa shape index (κ3) is 3.24. The molecule has 0 saturated carbocycles. The number of aromatic nitrogens is 1. The lowest BCUT2D eigenvalue weighted by molar-refractivity contribution is 0.0996. The van der Waals surface area contributed by atoms with Crippen LogP contribution < -0.4 is 0 Å². The van der Waals surface area contributed by atoms with Crippen LogP contribution in [-0.2, 0) is 6.42 Å². The first-order valence-electron chi connectivity index (χ1n) is 4.96. The number of nitrogens with zero attached hydrogens (tertiary/aromatic N) is 1. The Kier molecular flexibility index (Phi) is 4.12. The third-order valence-electron chi connectivity index (χ3n) is 2.23. The largest absolute Gasteiger partial charge is 0.293 e. The molecule has 88 valence electrons. The Morgan fingerprint density at radius 2 is 2.18 bits per heavy atom. The predicted octanol–water partition coefficient (Wildman–Crippen LogP) is 4.40. The summed E-state index contributed by atoms with van der Waals surface area (Å²) < 4.78 is 1.86. The molecule has 0 saturated heterocycles. The summed E-state index contributed by atoms with van der Waals surface area (Å²) in [5.74, 6) is 0.0951. The number of Topliss-reactive ketones (excluding diaryl/α,β-unsaturated/α-hetero) is 1. The molecule has 0 aliphatic heterocycles. The SMILES string of the molecule is Cc1ccc(CC(=O)c2cc(Br)c(Br)s2)nc1. The highest BCUT2D eigenvalue weighted by Gasteiger charge is 2.13. The summed E-state index contributed by atoms with van der Waals surface area (Å²) in [5.41, 5.74) is 1.91. The fraction of sp³-hybridized carbons (Fsp3) is 0.167. The van der Waals surface area contributed by atoms with Gasteiger partial charge in [0.2, 0.25) is 0 Å². The molecule has 0 radical (unpaired) electrons. The lowest BCUT2D eigenvalue weighted by Gasteiger charge is -1.98. The number of hydrogen-bond donors (Lipinski definition) is 0. The molecule has 0 bridgehead atoms. The predicted molar refractivity (Wildman–Crippen MR) is 76.7 cm³/mol. The lowest BCUT2D eigenvalue weighted by atomic mass is 10.1. The average Bonchev–Trinajstić information content (AvgIpc) is 2.63. The minimum Gasteiger partial charge on any atom is -0.293 e. The first-order valence-corrected chi connectivity index (χ1v) is 7.36. The number of carbonyl (C=O) groups is 1. The van der Waals surface area contributed by atoms with Crippen molar-refractivity contribution < 1.29 is 4.79 Å². The number of carbonyl (C=O) groups excluding carboxylic acids is 1. The molecule has 0 unspecified atom stereocenters. The van der Waals surface area contributed by atoms with Crippen LogP contribution in [0, 0.1) is 6.92 Å². The Labute approximate surface area is 120 Å². The summed E-state index contributed by atoms with van der Waals surface area (Å²) in [6.07, 6.45) is 2.13. The van der Waals surface area contributed by atoms with Crippen molar-refractivity contribution in [3.8, 4) is 0 Å². The van der Waals surface area contributed by atoms with Gasteiger partial charge in [0.15, 0.2) is 5.78 Å². The van der Waals surface area contributed by atoms with Gasteiger partial charge in [0.1, 0.15) is 0 Å². The molecule has 2 aromatic heterocycles. The van der Waals surface area contributed by atoms with Gasteiger partial charge in [-0.2, -0.15) is 0 Å². The number of pyridine rings is 1. The molecule has 2 aromatic rings. The van der Waals surface area contributed by atoms with Gasteiger partial charge in [-0.1, -0.05) is 6.07 Å². The van der Waals surface area contributed by atoms with Gasteiger partial charge >= 0.3 is 0 Å². The summed E-state index contributed by atoms with van der Waals surface area (Å²) in [4.78, 5) is 17.0. The van der Waals surface area contributed by atoms with E-state index in [-0.39, 0.29) is 5.78 Å². The first kappa shape index (κ1) is 12.9. The number of hydrogen-bond acceptors (Lipinski definition) is 3. The van der Waals surface area contributed by atoms with Gasteiger partial charge in [0.05, 0.1) is 15.1 Å². The molecule has 0 aliphatic carbocycles. The maximum Gasteiger partial charge on any atom is 0.178 e. The van der Waals surface area contributed by atoms with Crippen LogP contribution in [0.5, 0.6) is 0 Å². The van der Waals surface area contributed by atoms with Crippen LogP contribution in [-0.4, -0.2) is 10.8 Å². The molecule has 2 rings (SSSR count). The van der Waals surface area contributed by atoms with E-state index >= 15 is 0 Å². The van der Waals surface area contributed by atoms with Crippen molar-refractivity contribution in [2.24, 2.45) is 0 Å². The van der Waals surface area contributed by atoms with Crippen molar-refractivity contribution in [3.63, 3.8) is 0 Å². The highest BCUT2D eigenvalue weighted by molar-refractivity contribution is 9.13. The Balaban J connectivity index is 2.14. The monoisotopic (exact) mass is 373 g/mol. The summed E-state index contributed by atoms with van der Waals surface area (Å²) >= 11 is 8.20. The zero-order valence-electron chi connectivity index (χ0n) is 9.04. The molecular weight excluding hydrogens is 366 g/mol. The van der Waals surface area contributed by atoms with E-state index in [0.717, 1.165) is 24.4 Å². The van der Waals surface area contributed by atoms with Crippen molar-refractivity contribution in [1.82, 2.24) is 4.98 Å². The fourth-order valence-electron chi connectivity index (χ4n) is 1.34. The van der Waals surface area contributed by atoms with E-state index in [0.29, 0.717) is 6.42 Å². The summed E-state index contributed by atoms with van der Waals surface area (Å²) in [7, 11) is 0. The Hall–Kier alpha value is -0.520. The van der Waals surface area contributed by atoms with Gasteiger partial charge in [0.25, 0.3) is 0 Å². The second-order valence-corrected chi connectivity index (χ2v) is 6.88. The molecule has 5 heteroatoms. The standard InChI is InChI=1S/C12H9Br2NOS/c1-7-2-3-8(15-6-7)4-10(16)11-5-9(13)12(14)17-11/h2-3,5-6H,4H2,1H3. The van der Waals surface area contributed by atoms with Crippen LogP contribution in [0.1, 0.15) is 20.9 Å². The Morgan fingerprint density at radius 1 is 1.41 bits per heavy atom. The number of halogens is 2. The Morgan fingerprint density at radius 3 is 2.71 bits per heavy atom. The van der Waals surface area contributed by atoms with E-state index in [1.165, 1.54) is 11.3 Å². The van der Waals surface area contributed by atoms with Gasteiger partial charge in [0, 0.05) is 16.4 Å². The fourth-order valence-corrected chi connectivity index (χ4v) is 3.31. The van der Waals surface area contributed by atoms with E-state index in [4.69, 9.17) is 0 Å². The maximum absolute atomic E-state index is 12.0. The van der Waals surface area contributed by atoms with Gasteiger partial charge < -0.3 is 0 Å². The normalized spacial score (nSPS) is 10.5. The topological polar surface area (TPSA) is 30.0 Å². The zero-order valence-corrected chi connectivity index (χ0v) is 13.0. The summed E-state index contributed by atoms with van der Waals surface area (Å²) in [5, 5.41) is 0. The molecule has 0 fully saturated rings. The molecule has 0 aliphatic rings. The van der Waals surface area contributed by atoms with Crippen molar-refractivity contribution in [3.05, 3.63) is 48.8 Å². The number of aryl methyl sites for hydroxylation is 1. The van der Waals surface area contributed by atoms with Crippen LogP contribution in [0.3, 0.4) is 0 Å². The van der Waals surface area contributed by atoms with Gasteiger partial charge in [-0.05, 0) is 56.5 Å². The average molecular weight is 375 g/mol. The van der Waals surface area contributed by atoms with Crippen molar-refractivity contribution in [2.75, 3.05) is 0 Å². The number of rotatable bonds is 3.